The van der Waals surface area contributed by atoms with Crippen LogP contribution in [0.1, 0.15) is 0 Å². The van der Waals surface area contributed by atoms with E-state index in [-0.39, 0.29) is 0 Å². The fraction of sp³-hybridized carbons (Fsp3) is 0.250. The van der Waals surface area contributed by atoms with Gasteiger partial charge in [0, 0.05) is 9.92 Å². The molecule has 0 radical (unpaired) electrons. The molecule has 3 heteroatoms. The van der Waals surface area contributed by atoms with E-state index in [4.69, 9.17) is 11.6 Å². The van der Waals surface area contributed by atoms with Gasteiger partial charge in [-0.3, -0.25) is 4.21 Å². The van der Waals surface area contributed by atoms with Gasteiger partial charge in [-0.25, -0.2) is 0 Å². The normalized spacial score (nSPS) is 13.0. The molecule has 0 unspecified atom stereocenters. The van der Waals surface area contributed by atoms with Gasteiger partial charge in [-0.1, -0.05) is 21.5 Å². The molecule has 0 bridgehead atoms. The molecule has 0 aliphatic carbocycles. The van der Waals surface area contributed by atoms with Crippen LogP contribution in [0, 0.1) is 0 Å². The van der Waals surface area contributed by atoms with Crippen LogP contribution in [0.15, 0.2) is 29.2 Å². The molecule has 11 heavy (non-hydrogen) atoms. The van der Waals surface area contributed by atoms with Crippen molar-refractivity contribution in [2.75, 3.05) is 12.5 Å². The molecule has 0 spiro atoms. The summed E-state index contributed by atoms with van der Waals surface area (Å²) >= 11 is 5.67. The van der Waals surface area contributed by atoms with E-state index in [0.717, 1.165) is 4.90 Å². The number of thiol groups is 1. The van der Waals surface area contributed by atoms with E-state index in [1.165, 1.54) is 0 Å². The van der Waals surface area contributed by atoms with E-state index >= 15 is 0 Å². The Morgan fingerprint density at radius 1 is 1.18 bits per heavy atom. The van der Waals surface area contributed by atoms with E-state index < -0.39 is 9.93 Å². The van der Waals surface area contributed by atoms with Crippen molar-refractivity contribution in [3.63, 3.8) is 0 Å². The predicted octanol–water partition coefficient (Wildman–Crippen LogP) is 1.98. The highest BCUT2D eigenvalue weighted by atomic mass is 35.5. The maximum atomic E-state index is 11.5. The Labute approximate surface area is 72.8 Å². The second kappa shape index (κ2) is 2.95. The monoisotopic (exact) mass is 190 g/mol. The van der Waals surface area contributed by atoms with Crippen molar-refractivity contribution >= 4 is 21.5 Å². The summed E-state index contributed by atoms with van der Waals surface area (Å²) < 4.78 is 11.5. The van der Waals surface area contributed by atoms with Crippen LogP contribution in [0.25, 0.3) is 0 Å². The van der Waals surface area contributed by atoms with E-state index in [2.05, 4.69) is 0 Å². The van der Waals surface area contributed by atoms with E-state index in [1.807, 2.05) is 12.1 Å². The summed E-state index contributed by atoms with van der Waals surface area (Å²) in [6.45, 7) is 0. The van der Waals surface area contributed by atoms with Crippen molar-refractivity contribution in [3.8, 4) is 0 Å². The van der Waals surface area contributed by atoms with Gasteiger partial charge in [-0.2, -0.15) is 0 Å². The predicted molar refractivity (Wildman–Crippen MR) is 51.1 cm³/mol. The third kappa shape index (κ3) is 2.31. The second-order valence-corrected chi connectivity index (χ2v) is 6.48. The first kappa shape index (κ1) is 8.75. The summed E-state index contributed by atoms with van der Waals surface area (Å²) in [7, 11) is -2.10. The highest BCUT2D eigenvalue weighted by Crippen LogP contribution is 2.16. The Morgan fingerprint density at radius 3 is 2.00 bits per heavy atom. The SMILES string of the molecule is C[SH](C)(=O)c1ccc(Cl)cc1. The molecule has 1 nitrogen and oxygen atoms in total. The molecule has 0 aliphatic rings. The average molecular weight is 191 g/mol. The minimum Gasteiger partial charge on any atom is -0.281 e. The van der Waals surface area contributed by atoms with Crippen LogP contribution < -0.4 is 0 Å². The molecular weight excluding hydrogens is 180 g/mol. The molecule has 0 atom stereocenters. The van der Waals surface area contributed by atoms with Gasteiger partial charge in [0.25, 0.3) is 0 Å². The molecule has 1 rings (SSSR count). The largest absolute Gasteiger partial charge is 0.281 e. The maximum Gasteiger partial charge on any atom is 0.0406 e. The summed E-state index contributed by atoms with van der Waals surface area (Å²) in [6, 6.07) is 7.14. The van der Waals surface area contributed by atoms with Crippen LogP contribution in [0.2, 0.25) is 5.02 Å². The van der Waals surface area contributed by atoms with Gasteiger partial charge >= 0.3 is 0 Å². The third-order valence-electron chi connectivity index (χ3n) is 1.45. The van der Waals surface area contributed by atoms with Crippen molar-refractivity contribution < 1.29 is 4.21 Å². The van der Waals surface area contributed by atoms with Gasteiger partial charge in [0.15, 0.2) is 0 Å². The lowest BCUT2D eigenvalue weighted by Gasteiger charge is -2.11. The zero-order chi connectivity index (χ0) is 8.48. The smallest absolute Gasteiger partial charge is 0.0406 e. The summed E-state index contributed by atoms with van der Waals surface area (Å²) in [4.78, 5) is 0.877. The standard InChI is InChI=1S/C8H11ClOS/c1-11(2,10)8-5-3-7(9)4-6-8/h3-6,11H,1-2H3. The molecule has 0 saturated carbocycles. The van der Waals surface area contributed by atoms with Gasteiger partial charge in [0.1, 0.15) is 0 Å². The number of benzene rings is 1. The van der Waals surface area contributed by atoms with Crippen molar-refractivity contribution in [3.05, 3.63) is 29.3 Å². The Balaban J connectivity index is 3.09. The molecule has 0 heterocycles. The molecule has 0 N–H and O–H groups in total. The molecule has 62 valence electrons. The maximum absolute atomic E-state index is 11.5. The highest BCUT2D eigenvalue weighted by Gasteiger charge is 2.02. The van der Waals surface area contributed by atoms with Crippen molar-refractivity contribution in [2.24, 2.45) is 0 Å². The Morgan fingerprint density at radius 2 is 1.64 bits per heavy atom. The van der Waals surface area contributed by atoms with Crippen molar-refractivity contribution in [1.82, 2.24) is 0 Å². The molecule has 0 fully saturated rings. The number of hydrogen-bond acceptors (Lipinski definition) is 1. The fourth-order valence-electron chi connectivity index (χ4n) is 0.800. The molecule has 0 saturated heterocycles. The van der Waals surface area contributed by atoms with Crippen molar-refractivity contribution in [1.29, 1.82) is 0 Å². The lowest BCUT2D eigenvalue weighted by atomic mass is 10.4. The number of halogens is 1. The Kier molecular flexibility index (Phi) is 2.35. The lowest BCUT2D eigenvalue weighted by Crippen LogP contribution is -2.05. The van der Waals surface area contributed by atoms with E-state index in [0.29, 0.717) is 5.02 Å². The zero-order valence-electron chi connectivity index (χ0n) is 6.54. The van der Waals surface area contributed by atoms with Gasteiger partial charge in [-0.05, 0) is 36.8 Å². The first-order valence-corrected chi connectivity index (χ1v) is 6.29. The Bertz CT molecular complexity index is 285. The van der Waals surface area contributed by atoms with Crippen molar-refractivity contribution in [2.45, 2.75) is 4.90 Å². The van der Waals surface area contributed by atoms with Crippen LogP contribution in [0.5, 0.6) is 0 Å². The van der Waals surface area contributed by atoms with Crippen LogP contribution in [-0.4, -0.2) is 16.7 Å². The lowest BCUT2D eigenvalue weighted by molar-refractivity contribution is 0.678. The summed E-state index contributed by atoms with van der Waals surface area (Å²) in [5, 5.41) is 0.683. The van der Waals surface area contributed by atoms with Crippen LogP contribution in [0.4, 0.5) is 0 Å². The Hall–Kier alpha value is -0.340. The van der Waals surface area contributed by atoms with Gasteiger partial charge in [0.05, 0.1) is 0 Å². The quantitative estimate of drug-likeness (QED) is 0.671. The van der Waals surface area contributed by atoms with Gasteiger partial charge in [0.2, 0.25) is 0 Å². The first-order chi connectivity index (χ1) is 5.00. The van der Waals surface area contributed by atoms with Crippen LogP contribution in [0.3, 0.4) is 0 Å². The molecule has 0 aromatic heterocycles. The molecule has 1 aromatic carbocycles. The molecule has 0 amide bonds. The van der Waals surface area contributed by atoms with Gasteiger partial charge in [-0.15, -0.1) is 0 Å². The molecule has 1 aromatic rings. The first-order valence-electron chi connectivity index (χ1n) is 3.31. The molecule has 0 aliphatic heterocycles. The van der Waals surface area contributed by atoms with Gasteiger partial charge < -0.3 is 0 Å². The third-order valence-corrected chi connectivity index (χ3v) is 3.24. The topological polar surface area (TPSA) is 17.1 Å². The van der Waals surface area contributed by atoms with Crippen LogP contribution >= 0.6 is 11.6 Å². The summed E-state index contributed by atoms with van der Waals surface area (Å²) in [6.07, 6.45) is 3.49. The minimum atomic E-state index is -2.10. The fourth-order valence-corrected chi connectivity index (χ4v) is 1.79. The number of hydrogen-bond donors (Lipinski definition) is 1. The molecular formula is C8H11ClOS. The summed E-state index contributed by atoms with van der Waals surface area (Å²) in [5.41, 5.74) is 0. The summed E-state index contributed by atoms with van der Waals surface area (Å²) in [5.74, 6) is 0. The number of rotatable bonds is 1. The highest BCUT2D eigenvalue weighted by molar-refractivity contribution is 8.01. The zero-order valence-corrected chi connectivity index (χ0v) is 8.19. The van der Waals surface area contributed by atoms with E-state index in [9.17, 15) is 4.21 Å². The van der Waals surface area contributed by atoms with Crippen LogP contribution in [-0.2, 0) is 9.93 Å². The second-order valence-electron chi connectivity index (χ2n) is 2.83. The average Bonchev–Trinajstić information content (AvgIpc) is 1.86. The van der Waals surface area contributed by atoms with E-state index in [1.54, 1.807) is 24.6 Å². The minimum absolute atomic E-state index is 0.683.